The van der Waals surface area contributed by atoms with E-state index in [0.29, 0.717) is 17.9 Å². The minimum atomic E-state index is -0.175. The molecule has 0 bridgehead atoms. The van der Waals surface area contributed by atoms with Crippen LogP contribution in [0.25, 0.3) is 0 Å². The first-order chi connectivity index (χ1) is 21.4. The Hall–Kier alpha value is -3.64. The zero-order valence-corrected chi connectivity index (χ0v) is 27.1. The minimum Gasteiger partial charge on any atom is -0.423 e. The Balaban J connectivity index is 1.40. The van der Waals surface area contributed by atoms with Gasteiger partial charge >= 0.3 is 0 Å². The molecule has 1 fully saturated rings. The number of benzene rings is 3. The molecule has 1 aliphatic carbocycles. The Kier molecular flexibility index (Phi) is 10.8. The summed E-state index contributed by atoms with van der Waals surface area (Å²) in [6.07, 6.45) is 6.37. The maximum atomic E-state index is 13.7. The molecule has 0 spiro atoms. The van der Waals surface area contributed by atoms with Crippen molar-refractivity contribution in [2.75, 3.05) is 44.0 Å². The van der Waals surface area contributed by atoms with Gasteiger partial charge in [-0.05, 0) is 94.4 Å². The summed E-state index contributed by atoms with van der Waals surface area (Å²) in [5.74, 6) is 2.65. The second-order valence-electron chi connectivity index (χ2n) is 12.6. The monoisotopic (exact) mass is 596 g/mol. The van der Waals surface area contributed by atoms with Gasteiger partial charge in [-0.2, -0.15) is 0 Å². The Morgan fingerprint density at radius 1 is 0.818 bits per heavy atom. The first kappa shape index (κ1) is 31.8. The highest BCUT2D eigenvalue weighted by Crippen LogP contribution is 2.43. The van der Waals surface area contributed by atoms with E-state index >= 15 is 0 Å². The molecular formula is C38H49FN4O. The van der Waals surface area contributed by atoms with Gasteiger partial charge in [-0.15, -0.1) is 0 Å². The molecule has 2 unspecified atom stereocenters. The van der Waals surface area contributed by atoms with Crippen LogP contribution >= 0.6 is 0 Å². The highest BCUT2D eigenvalue weighted by Gasteiger charge is 2.34. The van der Waals surface area contributed by atoms with Gasteiger partial charge in [0.1, 0.15) is 17.6 Å². The first-order valence-corrected chi connectivity index (χ1v) is 16.4. The van der Waals surface area contributed by atoms with E-state index in [0.717, 1.165) is 69.1 Å². The maximum absolute atomic E-state index is 13.7. The van der Waals surface area contributed by atoms with Crippen LogP contribution in [0.2, 0.25) is 0 Å². The van der Waals surface area contributed by atoms with Crippen molar-refractivity contribution in [3.8, 4) is 0 Å². The molecule has 1 aliphatic rings. The molecule has 0 saturated heterocycles. The van der Waals surface area contributed by atoms with E-state index in [9.17, 15) is 4.39 Å². The second-order valence-corrected chi connectivity index (χ2v) is 12.6. The van der Waals surface area contributed by atoms with Gasteiger partial charge in [0, 0.05) is 38.3 Å². The molecule has 4 aromatic rings. The molecule has 0 amide bonds. The quantitative estimate of drug-likeness (QED) is 0.154. The molecule has 1 saturated carbocycles. The normalized spacial score (nSPS) is 18.2. The van der Waals surface area contributed by atoms with E-state index in [-0.39, 0.29) is 11.9 Å². The Morgan fingerprint density at radius 2 is 1.43 bits per heavy atom. The number of rotatable bonds is 13. The van der Waals surface area contributed by atoms with Crippen molar-refractivity contribution >= 4 is 11.6 Å². The highest BCUT2D eigenvalue weighted by atomic mass is 19.1. The van der Waals surface area contributed by atoms with Crippen molar-refractivity contribution in [1.29, 1.82) is 0 Å². The fraction of sp³-hybridized carbons (Fsp3) is 0.447. The smallest absolute Gasteiger partial charge is 0.220 e. The van der Waals surface area contributed by atoms with Crippen LogP contribution in [0.15, 0.2) is 89.3 Å². The lowest BCUT2D eigenvalue weighted by Gasteiger charge is -2.39. The Morgan fingerprint density at radius 3 is 2.02 bits per heavy atom. The number of nitrogens with zero attached hydrogens (tertiary/aromatic N) is 4. The number of hydrogen-bond donors (Lipinski definition) is 0. The zero-order chi connectivity index (χ0) is 31.1. The lowest BCUT2D eigenvalue weighted by atomic mass is 9.74. The summed E-state index contributed by atoms with van der Waals surface area (Å²) < 4.78 is 20.5. The van der Waals surface area contributed by atoms with E-state index in [1.807, 2.05) is 12.1 Å². The zero-order valence-electron chi connectivity index (χ0n) is 27.1. The van der Waals surface area contributed by atoms with Crippen LogP contribution in [0.3, 0.4) is 0 Å². The molecule has 44 heavy (non-hydrogen) atoms. The number of halogens is 1. The largest absolute Gasteiger partial charge is 0.423 e. The highest BCUT2D eigenvalue weighted by molar-refractivity contribution is 5.48. The lowest BCUT2D eigenvalue weighted by Crippen LogP contribution is -2.32. The molecular weight excluding hydrogens is 547 g/mol. The fourth-order valence-corrected chi connectivity index (χ4v) is 7.14. The second kappa shape index (κ2) is 14.9. The van der Waals surface area contributed by atoms with Gasteiger partial charge in [0.2, 0.25) is 11.8 Å². The van der Waals surface area contributed by atoms with E-state index in [2.05, 4.69) is 110 Å². The number of para-hydroxylation sites is 1. The van der Waals surface area contributed by atoms with Crippen LogP contribution in [0, 0.1) is 17.7 Å². The molecule has 1 aromatic heterocycles. The third-order valence-electron chi connectivity index (χ3n) is 9.54. The fourth-order valence-electron chi connectivity index (χ4n) is 7.14. The third-order valence-corrected chi connectivity index (χ3v) is 9.54. The van der Waals surface area contributed by atoms with Crippen molar-refractivity contribution < 1.29 is 8.81 Å². The van der Waals surface area contributed by atoms with E-state index in [1.54, 1.807) is 12.1 Å². The van der Waals surface area contributed by atoms with Crippen molar-refractivity contribution in [3.05, 3.63) is 113 Å². The van der Waals surface area contributed by atoms with E-state index < -0.39 is 0 Å². The SMILES string of the molecule is CCN(CC)c1oc(C(CC2CCC(C(c3ccc(F)cc3)N(C)C)CC2)N(C)c2ccccc2)nc1Cc1ccccc1. The molecule has 5 nitrogen and oxygen atoms in total. The summed E-state index contributed by atoms with van der Waals surface area (Å²) in [6, 6.07) is 28.6. The predicted molar refractivity (Wildman–Crippen MR) is 180 cm³/mol. The topological polar surface area (TPSA) is 35.8 Å². The summed E-state index contributed by atoms with van der Waals surface area (Å²) in [5, 5.41) is 0. The summed E-state index contributed by atoms with van der Waals surface area (Å²) in [7, 11) is 6.47. The van der Waals surface area contributed by atoms with Crippen LogP contribution in [-0.2, 0) is 6.42 Å². The minimum absolute atomic E-state index is 0.0273. The van der Waals surface area contributed by atoms with Crippen molar-refractivity contribution in [3.63, 3.8) is 0 Å². The Labute approximate surface area is 263 Å². The van der Waals surface area contributed by atoms with Gasteiger partial charge in [0.15, 0.2) is 0 Å². The molecule has 0 radical (unpaired) electrons. The average molecular weight is 597 g/mol. The molecule has 6 heteroatoms. The number of anilines is 2. The van der Waals surface area contributed by atoms with Crippen molar-refractivity contribution in [1.82, 2.24) is 9.88 Å². The average Bonchev–Trinajstić information content (AvgIpc) is 3.45. The Bertz CT molecular complexity index is 1410. The summed E-state index contributed by atoms with van der Waals surface area (Å²) in [6.45, 7) is 6.10. The van der Waals surface area contributed by atoms with Gasteiger partial charge in [0.25, 0.3) is 0 Å². The van der Waals surface area contributed by atoms with Gasteiger partial charge in [-0.25, -0.2) is 9.37 Å². The number of aromatic nitrogens is 1. The van der Waals surface area contributed by atoms with Crippen molar-refractivity contribution in [2.45, 2.75) is 64.5 Å². The molecule has 1 heterocycles. The van der Waals surface area contributed by atoms with Crippen LogP contribution in [0.4, 0.5) is 16.0 Å². The molecule has 234 valence electrons. The molecule has 0 aliphatic heterocycles. The van der Waals surface area contributed by atoms with Crippen LogP contribution in [0.5, 0.6) is 0 Å². The first-order valence-electron chi connectivity index (χ1n) is 16.4. The summed E-state index contributed by atoms with van der Waals surface area (Å²) in [4.78, 5) is 12.2. The third kappa shape index (κ3) is 7.52. The van der Waals surface area contributed by atoms with Crippen LogP contribution < -0.4 is 9.80 Å². The molecule has 2 atom stereocenters. The molecule has 3 aromatic carbocycles. The van der Waals surface area contributed by atoms with Crippen molar-refractivity contribution in [2.24, 2.45) is 11.8 Å². The molecule has 5 rings (SSSR count). The van der Waals surface area contributed by atoms with Crippen LogP contribution in [0.1, 0.15) is 80.7 Å². The van der Waals surface area contributed by atoms with Gasteiger partial charge in [-0.1, -0.05) is 73.5 Å². The summed E-state index contributed by atoms with van der Waals surface area (Å²) >= 11 is 0. The lowest BCUT2D eigenvalue weighted by molar-refractivity contribution is 0.142. The van der Waals surface area contributed by atoms with E-state index in [1.165, 1.54) is 16.8 Å². The number of oxazole rings is 1. The summed E-state index contributed by atoms with van der Waals surface area (Å²) in [5.41, 5.74) is 4.63. The molecule has 0 N–H and O–H groups in total. The van der Waals surface area contributed by atoms with E-state index in [4.69, 9.17) is 9.40 Å². The maximum Gasteiger partial charge on any atom is 0.220 e. The predicted octanol–water partition coefficient (Wildman–Crippen LogP) is 8.93. The van der Waals surface area contributed by atoms with Gasteiger partial charge in [-0.3, -0.25) is 0 Å². The number of hydrogen-bond acceptors (Lipinski definition) is 5. The van der Waals surface area contributed by atoms with Gasteiger partial charge in [0.05, 0.1) is 0 Å². The van der Waals surface area contributed by atoms with Gasteiger partial charge < -0.3 is 19.1 Å². The van der Waals surface area contributed by atoms with Crippen LogP contribution in [-0.4, -0.2) is 44.1 Å². The standard InChI is InChI=1S/C38H49FN4O/c1-6-43(7-2)38-34(26-28-14-10-8-11-15-28)40-37(44-38)35(42(5)33-16-12-9-13-17-33)27-29-18-20-30(21-19-29)36(41(3)4)31-22-24-32(39)25-23-31/h8-17,22-25,29-30,35-36H,6-7,18-21,26-27H2,1-5H3.